The van der Waals surface area contributed by atoms with Crippen LogP contribution >= 0.6 is 0 Å². The van der Waals surface area contributed by atoms with Crippen LogP contribution in [0.5, 0.6) is 5.75 Å². The Bertz CT molecular complexity index is 1010. The van der Waals surface area contributed by atoms with Gasteiger partial charge in [0.2, 0.25) is 0 Å². The highest BCUT2D eigenvalue weighted by Crippen LogP contribution is 2.32. The van der Waals surface area contributed by atoms with Crippen molar-refractivity contribution in [2.45, 2.75) is 57.5 Å². The molecule has 0 amide bonds. The summed E-state index contributed by atoms with van der Waals surface area (Å²) in [6, 6.07) is 8.08. The first-order valence-electron chi connectivity index (χ1n) is 12.0. The first-order valence-corrected chi connectivity index (χ1v) is 12.0. The van der Waals surface area contributed by atoms with Crippen LogP contribution in [-0.2, 0) is 6.54 Å². The number of hydrogen-bond donors (Lipinski definition) is 3. The van der Waals surface area contributed by atoms with Crippen molar-refractivity contribution < 1.29 is 28.0 Å². The number of benzene rings is 1. The Balaban J connectivity index is 1.36. The smallest absolute Gasteiger partial charge is 0.405 e. The second-order valence-corrected chi connectivity index (χ2v) is 9.17. The normalized spacial score (nSPS) is 21.0. The van der Waals surface area contributed by atoms with Crippen LogP contribution in [0.25, 0.3) is 0 Å². The molecule has 0 spiro atoms. The second kappa shape index (κ2) is 11.1. The molecule has 0 atom stereocenters. The number of likely N-dealkylation sites (tertiary alicyclic amines) is 1. The number of hydrogen-bond acceptors (Lipinski definition) is 6. The van der Waals surface area contributed by atoms with E-state index in [0.717, 1.165) is 25.7 Å². The molecule has 0 bridgehead atoms. The van der Waals surface area contributed by atoms with E-state index in [1.54, 1.807) is 12.1 Å². The van der Waals surface area contributed by atoms with E-state index in [4.69, 9.17) is 0 Å². The molecule has 190 valence electrons. The predicted octanol–water partition coefficient (Wildman–Crippen LogP) is 5.46. The largest absolute Gasteiger partial charge is 0.573 e. The maximum absolute atomic E-state index is 12.7. The molecule has 1 aliphatic carbocycles. The molecule has 1 aromatic heterocycles. The molecule has 0 radical (unpaired) electrons. The summed E-state index contributed by atoms with van der Waals surface area (Å²) >= 11 is 0. The Morgan fingerprint density at radius 1 is 1.11 bits per heavy atom. The highest BCUT2D eigenvalue weighted by Gasteiger charge is 2.32. The van der Waals surface area contributed by atoms with Crippen molar-refractivity contribution in [3.63, 3.8) is 0 Å². The van der Waals surface area contributed by atoms with Gasteiger partial charge in [0.25, 0.3) is 4.92 Å². The number of nitrogens with zero attached hydrogens (tertiary/aromatic N) is 3. The minimum absolute atomic E-state index is 0.0258. The average molecular weight is 495 g/mol. The Morgan fingerprint density at radius 2 is 1.83 bits per heavy atom. The Labute approximate surface area is 202 Å². The third-order valence-electron chi connectivity index (χ3n) is 6.80. The number of pyridine rings is 1. The molecule has 11 heteroatoms. The number of alkyl halides is 3. The molecule has 1 aliphatic heterocycles. The summed E-state index contributed by atoms with van der Waals surface area (Å²) < 4.78 is 42.1. The molecule has 8 nitrogen and oxygen atoms in total. The van der Waals surface area contributed by atoms with E-state index in [1.807, 2.05) is 0 Å². The van der Waals surface area contributed by atoms with Gasteiger partial charge in [-0.3, -0.25) is 0 Å². The molecule has 1 saturated carbocycles. The van der Waals surface area contributed by atoms with Gasteiger partial charge >= 0.3 is 12.0 Å². The first kappa shape index (κ1) is 25.0. The van der Waals surface area contributed by atoms with Gasteiger partial charge in [0.1, 0.15) is 23.5 Å². The number of aromatic nitrogens is 1. The lowest BCUT2D eigenvalue weighted by atomic mass is 9.85. The van der Waals surface area contributed by atoms with Crippen molar-refractivity contribution in [3.05, 3.63) is 47.0 Å². The number of rotatable bonds is 9. The average Bonchev–Trinajstić information content (AvgIpc) is 3.36. The Morgan fingerprint density at radius 3 is 2.51 bits per heavy atom. The molecule has 2 aliphatic rings. The van der Waals surface area contributed by atoms with Gasteiger partial charge in [-0.25, -0.2) is 10.2 Å². The number of ether oxygens (including phenoxy) is 1. The van der Waals surface area contributed by atoms with E-state index in [9.17, 15) is 23.3 Å². The SMILES string of the molecule is O=[N+](O)c1cnc(NCc2ccccc2OC(F)(F)F)cc1NC[C@H]1CC[C@H](N2CCCC2)CC1. The van der Waals surface area contributed by atoms with Gasteiger partial charge in [-0.05, 0) is 63.6 Å². The molecule has 3 N–H and O–H groups in total. The molecule has 1 saturated heterocycles. The van der Waals surface area contributed by atoms with E-state index < -0.39 is 6.36 Å². The second-order valence-electron chi connectivity index (χ2n) is 9.17. The fourth-order valence-corrected chi connectivity index (χ4v) is 4.97. The van der Waals surface area contributed by atoms with Crippen LogP contribution in [0.15, 0.2) is 36.5 Å². The van der Waals surface area contributed by atoms with E-state index in [1.165, 1.54) is 50.3 Å². The summed E-state index contributed by atoms with van der Waals surface area (Å²) in [4.78, 5) is 18.1. The number of para-hydroxylation sites is 1. The molecular formula is C24H31F3N5O3+. The monoisotopic (exact) mass is 494 g/mol. The summed E-state index contributed by atoms with van der Waals surface area (Å²) in [5, 5.41) is 15.7. The van der Waals surface area contributed by atoms with E-state index in [2.05, 4.69) is 25.3 Å². The van der Waals surface area contributed by atoms with Crippen LogP contribution in [0.3, 0.4) is 0 Å². The van der Waals surface area contributed by atoms with Gasteiger partial charge < -0.3 is 20.3 Å². The molecule has 2 heterocycles. The van der Waals surface area contributed by atoms with Crippen LogP contribution in [0.4, 0.5) is 30.4 Å². The van der Waals surface area contributed by atoms with Gasteiger partial charge in [0, 0.05) is 30.8 Å². The maximum atomic E-state index is 12.7. The minimum Gasteiger partial charge on any atom is -0.405 e. The third-order valence-corrected chi connectivity index (χ3v) is 6.80. The summed E-state index contributed by atoms with van der Waals surface area (Å²) in [7, 11) is 0. The summed E-state index contributed by atoms with van der Waals surface area (Å²) in [6.45, 7) is 3.08. The zero-order valence-electron chi connectivity index (χ0n) is 19.4. The highest BCUT2D eigenvalue weighted by molar-refractivity contribution is 5.65. The van der Waals surface area contributed by atoms with Crippen molar-refractivity contribution >= 4 is 17.2 Å². The molecule has 0 unspecified atom stereocenters. The topological polar surface area (TPSA) is 89.7 Å². The zero-order valence-corrected chi connectivity index (χ0v) is 19.4. The lowest BCUT2D eigenvalue weighted by molar-refractivity contribution is -0.729. The van der Waals surface area contributed by atoms with Crippen molar-refractivity contribution in [1.29, 1.82) is 0 Å². The van der Waals surface area contributed by atoms with E-state index in [-0.39, 0.29) is 22.9 Å². The molecule has 1 aromatic carbocycles. The first-order chi connectivity index (χ1) is 16.8. The molecule has 4 rings (SSSR count). The highest BCUT2D eigenvalue weighted by atomic mass is 19.4. The van der Waals surface area contributed by atoms with E-state index >= 15 is 0 Å². The van der Waals surface area contributed by atoms with Crippen molar-refractivity contribution in [2.24, 2.45) is 5.92 Å². The number of nitrogens with one attached hydrogen (secondary N) is 2. The standard InChI is InChI=1S/C24H31F3N5O3/c25-24(26,27)35-22-6-2-1-5-18(22)15-29-23-13-20(21(16-30-23)32(33)34)28-14-17-7-9-19(10-8-17)31-11-3-4-12-31/h1-2,5-6,13,16-17,19H,3-4,7-12,14-15H2,(H,33,34)(H2,28,29,30)/q+1/t17-,19-. The zero-order chi connectivity index (χ0) is 24.8. The van der Waals surface area contributed by atoms with Crippen molar-refractivity contribution in [2.75, 3.05) is 30.3 Å². The van der Waals surface area contributed by atoms with E-state index in [0.29, 0.717) is 35.6 Å². The van der Waals surface area contributed by atoms with Crippen LogP contribution in [0.1, 0.15) is 44.1 Å². The van der Waals surface area contributed by atoms with Crippen molar-refractivity contribution in [3.8, 4) is 5.75 Å². The molecule has 2 fully saturated rings. The van der Waals surface area contributed by atoms with Gasteiger partial charge in [-0.2, -0.15) is 0 Å². The Kier molecular flexibility index (Phi) is 7.94. The van der Waals surface area contributed by atoms with Crippen LogP contribution in [-0.4, -0.2) is 52.1 Å². The minimum atomic E-state index is -4.79. The van der Waals surface area contributed by atoms with Gasteiger partial charge in [0.05, 0.1) is 4.91 Å². The van der Waals surface area contributed by atoms with Gasteiger partial charge in [-0.15, -0.1) is 13.2 Å². The summed E-state index contributed by atoms with van der Waals surface area (Å²) in [5.41, 5.74) is 0.677. The molecular weight excluding hydrogens is 463 g/mol. The fourth-order valence-electron chi connectivity index (χ4n) is 4.97. The summed E-state index contributed by atoms with van der Waals surface area (Å²) in [5.74, 6) is 0.502. The van der Waals surface area contributed by atoms with Crippen molar-refractivity contribution in [1.82, 2.24) is 9.88 Å². The number of anilines is 2. The molecule has 35 heavy (non-hydrogen) atoms. The Hall–Kier alpha value is -3.08. The van der Waals surface area contributed by atoms with Crippen LogP contribution in [0, 0.1) is 10.8 Å². The lowest BCUT2D eigenvalue weighted by Gasteiger charge is -2.34. The lowest BCUT2D eigenvalue weighted by Crippen LogP contribution is -2.37. The number of halogens is 3. The predicted molar refractivity (Wildman–Crippen MR) is 125 cm³/mol. The van der Waals surface area contributed by atoms with Crippen LogP contribution in [0.2, 0.25) is 0 Å². The van der Waals surface area contributed by atoms with Gasteiger partial charge in [-0.1, -0.05) is 18.2 Å². The summed E-state index contributed by atoms with van der Waals surface area (Å²) in [6.07, 6.45) is 3.52. The molecule has 2 aromatic rings. The quantitative estimate of drug-likeness (QED) is 0.399. The van der Waals surface area contributed by atoms with Gasteiger partial charge in [0.15, 0.2) is 0 Å². The van der Waals surface area contributed by atoms with Crippen LogP contribution < -0.4 is 15.4 Å². The fraction of sp³-hybridized carbons (Fsp3) is 0.542. The maximum Gasteiger partial charge on any atom is 0.573 e. The third kappa shape index (κ3) is 6.97.